The van der Waals surface area contributed by atoms with E-state index in [4.69, 9.17) is 9.47 Å². The second-order valence-corrected chi connectivity index (χ2v) is 9.03. The lowest BCUT2D eigenvalue weighted by Crippen LogP contribution is -2.46. The van der Waals surface area contributed by atoms with E-state index in [0.29, 0.717) is 24.8 Å². The summed E-state index contributed by atoms with van der Waals surface area (Å²) in [4.78, 5) is 12.5. The number of amides is 1. The molecule has 0 spiro atoms. The van der Waals surface area contributed by atoms with Crippen LogP contribution in [0.25, 0.3) is 0 Å². The normalized spacial score (nSPS) is 34.7. The molecule has 5 rings (SSSR count). The first-order chi connectivity index (χ1) is 14.2. The van der Waals surface area contributed by atoms with Crippen LogP contribution in [0.3, 0.4) is 0 Å². The fraction of sp³-hybridized carbons (Fsp3) is 0.762. The fourth-order valence-electron chi connectivity index (χ4n) is 5.31. The molecule has 0 bridgehead atoms. The van der Waals surface area contributed by atoms with Crippen LogP contribution in [0.4, 0.5) is 0 Å². The lowest BCUT2D eigenvalue weighted by Gasteiger charge is -2.26. The Bertz CT molecular complexity index is 759. The average Bonchev–Trinajstić information content (AvgIpc) is 3.49. The van der Waals surface area contributed by atoms with Gasteiger partial charge in [-0.2, -0.15) is 5.11 Å². The molecule has 3 aliphatic heterocycles. The highest BCUT2D eigenvalue weighted by Crippen LogP contribution is 2.34. The number of hydrogen-bond acceptors (Lipinski definition) is 6. The van der Waals surface area contributed by atoms with Crippen LogP contribution in [-0.2, 0) is 16.5 Å². The summed E-state index contributed by atoms with van der Waals surface area (Å²) in [5.41, 5.74) is 0.657. The number of carbonyl (C=O) groups excluding carboxylic acids is 1. The molecule has 4 aliphatic rings. The van der Waals surface area contributed by atoms with Crippen molar-refractivity contribution in [3.05, 3.63) is 24.0 Å². The van der Waals surface area contributed by atoms with Crippen molar-refractivity contribution in [2.45, 2.75) is 68.9 Å². The van der Waals surface area contributed by atoms with E-state index in [1.807, 2.05) is 30.1 Å². The first kappa shape index (κ1) is 19.1. The number of carbonyl (C=O) groups is 1. The van der Waals surface area contributed by atoms with Crippen LogP contribution in [-0.4, -0.2) is 65.6 Å². The molecular formula is C21H31N5O3. The second kappa shape index (κ2) is 8.07. The number of fused-ring (bicyclic) bond motifs is 1. The molecule has 1 aromatic rings. The second-order valence-electron chi connectivity index (χ2n) is 9.03. The number of nitrogens with one attached hydrogen (secondary N) is 1. The predicted molar refractivity (Wildman–Crippen MR) is 106 cm³/mol. The number of aromatic nitrogens is 1. The van der Waals surface area contributed by atoms with Crippen molar-refractivity contribution in [3.8, 4) is 0 Å². The van der Waals surface area contributed by atoms with Gasteiger partial charge < -0.3 is 19.4 Å². The standard InChI is InChI=1S/C21H31N5O3/c1-25-8-7-15(10-25)21(27)22-17-12-28-20-18(13-29-19(17)20)26-11-16(23-24-26)9-14-5-3-2-4-6-14/h7-8,10,14,16-20H,2-6,9,11-13H2,1H3,(H,22,27). The van der Waals surface area contributed by atoms with Crippen molar-refractivity contribution in [3.63, 3.8) is 0 Å². The number of ether oxygens (including phenoxy) is 2. The smallest absolute Gasteiger partial charge is 0.253 e. The Morgan fingerprint density at radius 1 is 1.21 bits per heavy atom. The third-order valence-corrected chi connectivity index (χ3v) is 6.88. The Balaban J connectivity index is 1.14. The molecule has 8 heteroatoms. The van der Waals surface area contributed by atoms with Gasteiger partial charge >= 0.3 is 0 Å². The Labute approximate surface area is 171 Å². The van der Waals surface area contributed by atoms with E-state index >= 15 is 0 Å². The quantitative estimate of drug-likeness (QED) is 0.821. The van der Waals surface area contributed by atoms with Gasteiger partial charge in [-0.3, -0.25) is 9.80 Å². The molecule has 4 heterocycles. The summed E-state index contributed by atoms with van der Waals surface area (Å²) in [5.74, 6) is 0.723. The topological polar surface area (TPSA) is 80.5 Å². The van der Waals surface area contributed by atoms with Gasteiger partial charge in [-0.25, -0.2) is 0 Å². The first-order valence-electron chi connectivity index (χ1n) is 11.0. The van der Waals surface area contributed by atoms with Crippen LogP contribution in [0.2, 0.25) is 0 Å². The third-order valence-electron chi connectivity index (χ3n) is 6.88. The van der Waals surface area contributed by atoms with Crippen molar-refractivity contribution in [2.75, 3.05) is 19.8 Å². The molecule has 1 aliphatic carbocycles. The number of rotatable bonds is 5. The molecule has 1 N–H and O–H groups in total. The lowest BCUT2D eigenvalue weighted by molar-refractivity contribution is 0.0422. The summed E-state index contributed by atoms with van der Waals surface area (Å²) in [6.45, 7) is 1.90. The van der Waals surface area contributed by atoms with Crippen LogP contribution in [0.5, 0.6) is 0 Å². The van der Waals surface area contributed by atoms with Gasteiger partial charge in [0.05, 0.1) is 37.4 Å². The summed E-state index contributed by atoms with van der Waals surface area (Å²) >= 11 is 0. The van der Waals surface area contributed by atoms with Gasteiger partial charge in [-0.1, -0.05) is 37.3 Å². The minimum atomic E-state index is -0.129. The van der Waals surface area contributed by atoms with Crippen LogP contribution < -0.4 is 5.32 Å². The Kier molecular flexibility index (Phi) is 5.30. The third kappa shape index (κ3) is 3.92. The van der Waals surface area contributed by atoms with Crippen LogP contribution in [0.1, 0.15) is 48.9 Å². The maximum Gasteiger partial charge on any atom is 0.253 e. The molecule has 1 saturated carbocycles. The highest BCUT2D eigenvalue weighted by molar-refractivity contribution is 5.94. The minimum absolute atomic E-state index is 0.0662. The highest BCUT2D eigenvalue weighted by atomic mass is 16.6. The molecule has 1 aromatic heterocycles. The molecule has 29 heavy (non-hydrogen) atoms. The fourth-order valence-corrected chi connectivity index (χ4v) is 5.31. The van der Waals surface area contributed by atoms with Crippen molar-refractivity contribution < 1.29 is 14.3 Å². The van der Waals surface area contributed by atoms with Crippen molar-refractivity contribution in [1.29, 1.82) is 0 Å². The molecular weight excluding hydrogens is 370 g/mol. The molecule has 1 amide bonds. The zero-order chi connectivity index (χ0) is 19.8. The zero-order valence-electron chi connectivity index (χ0n) is 17.1. The average molecular weight is 402 g/mol. The van der Waals surface area contributed by atoms with E-state index in [2.05, 4.69) is 20.7 Å². The number of aryl methyl sites for hydroxylation is 1. The summed E-state index contributed by atoms with van der Waals surface area (Å²) in [6, 6.07) is 2.07. The van der Waals surface area contributed by atoms with E-state index in [9.17, 15) is 4.79 Å². The summed E-state index contributed by atoms with van der Waals surface area (Å²) < 4.78 is 14.0. The van der Waals surface area contributed by atoms with Gasteiger partial charge in [0.1, 0.15) is 18.2 Å². The van der Waals surface area contributed by atoms with Gasteiger partial charge in [0.15, 0.2) is 0 Å². The minimum Gasteiger partial charge on any atom is -0.371 e. The first-order valence-corrected chi connectivity index (χ1v) is 11.0. The lowest BCUT2D eigenvalue weighted by atomic mass is 9.85. The Hall–Kier alpha value is -1.93. The van der Waals surface area contributed by atoms with E-state index in [1.54, 1.807) is 0 Å². The molecule has 3 fully saturated rings. The van der Waals surface area contributed by atoms with Crippen molar-refractivity contribution in [1.82, 2.24) is 14.9 Å². The van der Waals surface area contributed by atoms with E-state index < -0.39 is 0 Å². The Morgan fingerprint density at radius 3 is 2.83 bits per heavy atom. The molecule has 8 nitrogen and oxygen atoms in total. The van der Waals surface area contributed by atoms with Gasteiger partial charge in [0.25, 0.3) is 5.91 Å². The molecule has 0 aromatic carbocycles. The SMILES string of the molecule is Cn1ccc(C(=O)NC2COC3C2OCC3N2CC(CC3CCCCC3)N=N2)c1. The molecule has 0 radical (unpaired) electrons. The number of hydrogen-bond donors (Lipinski definition) is 1. The van der Waals surface area contributed by atoms with Gasteiger partial charge in [0.2, 0.25) is 0 Å². The predicted octanol–water partition coefficient (Wildman–Crippen LogP) is 2.31. The Morgan fingerprint density at radius 2 is 2.03 bits per heavy atom. The summed E-state index contributed by atoms with van der Waals surface area (Å²) in [6.07, 6.45) is 11.4. The molecule has 5 atom stereocenters. The van der Waals surface area contributed by atoms with E-state index in [-0.39, 0.29) is 30.2 Å². The van der Waals surface area contributed by atoms with Gasteiger partial charge in [-0.05, 0) is 18.4 Å². The van der Waals surface area contributed by atoms with Gasteiger partial charge in [-0.15, -0.1) is 0 Å². The molecule has 158 valence electrons. The van der Waals surface area contributed by atoms with Crippen molar-refractivity contribution >= 4 is 5.91 Å². The maximum absolute atomic E-state index is 12.5. The maximum atomic E-state index is 12.5. The highest BCUT2D eigenvalue weighted by Gasteiger charge is 2.51. The van der Waals surface area contributed by atoms with Crippen LogP contribution in [0, 0.1) is 5.92 Å². The van der Waals surface area contributed by atoms with E-state index in [0.717, 1.165) is 18.9 Å². The van der Waals surface area contributed by atoms with E-state index in [1.165, 1.54) is 32.1 Å². The number of nitrogens with zero attached hydrogens (tertiary/aromatic N) is 4. The van der Waals surface area contributed by atoms with Crippen LogP contribution in [0.15, 0.2) is 28.8 Å². The largest absolute Gasteiger partial charge is 0.371 e. The van der Waals surface area contributed by atoms with Crippen LogP contribution >= 0.6 is 0 Å². The molecule has 2 saturated heterocycles. The summed E-state index contributed by atoms with van der Waals surface area (Å²) in [5, 5.41) is 14.2. The van der Waals surface area contributed by atoms with Crippen molar-refractivity contribution in [2.24, 2.45) is 23.3 Å². The summed E-state index contributed by atoms with van der Waals surface area (Å²) in [7, 11) is 1.91. The zero-order valence-corrected chi connectivity index (χ0v) is 17.1. The molecule has 5 unspecified atom stereocenters. The monoisotopic (exact) mass is 401 g/mol. The van der Waals surface area contributed by atoms with Gasteiger partial charge in [0, 0.05) is 19.4 Å².